The number of rotatable bonds is 5. The van der Waals surface area contributed by atoms with E-state index in [2.05, 4.69) is 180 Å². The number of fused-ring (bicyclic) bond motifs is 8. The molecule has 234 valence electrons. The van der Waals surface area contributed by atoms with Crippen molar-refractivity contribution in [3.05, 3.63) is 169 Å². The molecule has 9 aromatic rings. The summed E-state index contributed by atoms with van der Waals surface area (Å²) in [5.74, 6) is 0. The van der Waals surface area contributed by atoms with E-state index < -0.39 is 0 Å². The van der Waals surface area contributed by atoms with Crippen molar-refractivity contribution in [2.75, 3.05) is 4.90 Å². The predicted molar refractivity (Wildman–Crippen MR) is 213 cm³/mol. The lowest BCUT2D eigenvalue weighted by Crippen LogP contribution is -2.45. The first-order chi connectivity index (χ1) is 24.1. The van der Waals surface area contributed by atoms with Gasteiger partial charge in [-0.1, -0.05) is 109 Å². The van der Waals surface area contributed by atoms with Crippen molar-refractivity contribution in [3.63, 3.8) is 0 Å². The number of anilines is 2. The molecular weight excluding hydrogens is 633 g/mol. The maximum atomic E-state index is 2.57. The van der Waals surface area contributed by atoms with Crippen molar-refractivity contribution in [2.45, 2.75) is 18.9 Å². The van der Waals surface area contributed by atoms with Gasteiger partial charge in [0.2, 0.25) is 0 Å². The van der Waals surface area contributed by atoms with Crippen LogP contribution < -0.4 is 4.90 Å². The van der Waals surface area contributed by atoms with Gasteiger partial charge < -0.3 is 9.47 Å². The van der Waals surface area contributed by atoms with Crippen LogP contribution in [0, 0.1) is 0 Å². The van der Waals surface area contributed by atoms with E-state index in [0.717, 1.165) is 6.42 Å². The van der Waals surface area contributed by atoms with Gasteiger partial charge >= 0.3 is 0 Å². The average Bonchev–Trinajstić information content (AvgIpc) is 3.80. The lowest BCUT2D eigenvalue weighted by atomic mass is 9.84. The van der Waals surface area contributed by atoms with Crippen LogP contribution in [0.15, 0.2) is 158 Å². The summed E-state index contributed by atoms with van der Waals surface area (Å²) in [6.07, 6.45) is 5.67. The molecule has 0 bridgehead atoms. The summed E-state index contributed by atoms with van der Waals surface area (Å²) >= 11 is 3.84. The van der Waals surface area contributed by atoms with Crippen molar-refractivity contribution in [2.24, 2.45) is 0 Å². The minimum atomic E-state index is -0.318. The van der Waals surface area contributed by atoms with Crippen LogP contribution in [0.25, 0.3) is 63.4 Å². The summed E-state index contributed by atoms with van der Waals surface area (Å²) in [5.41, 5.74) is 9.63. The number of nitrogens with zero attached hydrogens (tertiary/aromatic N) is 2. The quantitative estimate of drug-likeness (QED) is 0.178. The van der Waals surface area contributed by atoms with E-state index >= 15 is 0 Å². The van der Waals surface area contributed by atoms with Crippen molar-refractivity contribution < 1.29 is 0 Å². The topological polar surface area (TPSA) is 8.17 Å². The zero-order valence-electron chi connectivity index (χ0n) is 27.0. The first kappa shape index (κ1) is 28.6. The number of benzene rings is 6. The van der Waals surface area contributed by atoms with Crippen molar-refractivity contribution >= 4 is 80.6 Å². The Morgan fingerprint density at radius 2 is 1.18 bits per heavy atom. The minimum Gasteiger partial charge on any atom is -0.332 e. The summed E-state index contributed by atoms with van der Waals surface area (Å²) in [6.45, 7) is 2.40. The molecule has 1 aliphatic rings. The second-order valence-electron chi connectivity index (χ2n) is 13.2. The fourth-order valence-electron chi connectivity index (χ4n) is 7.88. The Labute approximate surface area is 293 Å². The Morgan fingerprint density at radius 3 is 1.98 bits per heavy atom. The SMILES string of the molecule is CC1(N(c2ccc(-c3ccccc3)cc2)c2ccc3c(c2)sc2c4ccccc4sc32)C=Cc2c(c3ccccc3n2-c2ccccc2)C1. The van der Waals surface area contributed by atoms with Crippen LogP contribution in [0.1, 0.15) is 18.2 Å². The van der Waals surface area contributed by atoms with Crippen molar-refractivity contribution in [3.8, 4) is 16.8 Å². The summed E-state index contributed by atoms with van der Waals surface area (Å²) < 4.78 is 7.91. The smallest absolute Gasteiger partial charge is 0.0650 e. The molecule has 0 amide bonds. The Morgan fingerprint density at radius 1 is 0.571 bits per heavy atom. The van der Waals surface area contributed by atoms with Gasteiger partial charge in [-0.05, 0) is 78.2 Å². The Hall–Kier alpha value is -5.42. The van der Waals surface area contributed by atoms with Crippen LogP contribution in [0.5, 0.6) is 0 Å². The van der Waals surface area contributed by atoms with E-state index in [0.29, 0.717) is 0 Å². The molecule has 49 heavy (non-hydrogen) atoms. The molecule has 0 aliphatic heterocycles. The molecule has 0 fully saturated rings. The van der Waals surface area contributed by atoms with E-state index in [1.54, 1.807) is 0 Å². The van der Waals surface area contributed by atoms with Gasteiger partial charge in [0.15, 0.2) is 0 Å². The Kier molecular flexibility index (Phi) is 6.45. The highest BCUT2D eigenvalue weighted by molar-refractivity contribution is 7.36. The van der Waals surface area contributed by atoms with Gasteiger partial charge in [0.1, 0.15) is 0 Å². The van der Waals surface area contributed by atoms with Crippen LogP contribution in [-0.4, -0.2) is 10.1 Å². The highest BCUT2D eigenvalue weighted by Gasteiger charge is 2.37. The van der Waals surface area contributed by atoms with Gasteiger partial charge in [-0.2, -0.15) is 0 Å². The standard InChI is InChI=1S/C45H32N2S2/c1-45(27-26-40-38(29-45)35-16-8-10-18-39(35)46(40)32-14-6-3-7-15-32)47(33-22-20-31(21-23-33)30-12-4-2-5-13-30)34-24-25-37-42(28-34)49-43-36-17-9-11-19-41(36)48-44(37)43/h2-28H,29H2,1H3. The van der Waals surface area contributed by atoms with E-state index in [4.69, 9.17) is 0 Å². The number of hydrogen-bond acceptors (Lipinski definition) is 3. The lowest BCUT2D eigenvalue weighted by Gasteiger charge is -2.43. The molecule has 0 N–H and O–H groups in total. The molecular formula is C45H32N2S2. The molecule has 0 spiro atoms. The number of thiophene rings is 2. The molecule has 1 atom stereocenters. The molecule has 0 radical (unpaired) electrons. The van der Waals surface area contributed by atoms with Gasteiger partial charge in [-0.25, -0.2) is 0 Å². The molecule has 1 aliphatic carbocycles. The maximum Gasteiger partial charge on any atom is 0.0650 e. The van der Waals surface area contributed by atoms with Gasteiger partial charge in [0, 0.05) is 54.7 Å². The van der Waals surface area contributed by atoms with Crippen molar-refractivity contribution in [1.82, 2.24) is 4.57 Å². The average molecular weight is 665 g/mol. The first-order valence-electron chi connectivity index (χ1n) is 16.8. The summed E-state index contributed by atoms with van der Waals surface area (Å²) in [6, 6.07) is 55.4. The van der Waals surface area contributed by atoms with Gasteiger partial charge in [0.25, 0.3) is 0 Å². The van der Waals surface area contributed by atoms with Crippen LogP contribution in [0.2, 0.25) is 0 Å². The summed E-state index contributed by atoms with van der Waals surface area (Å²) in [7, 11) is 0. The van der Waals surface area contributed by atoms with Crippen LogP contribution in [0.3, 0.4) is 0 Å². The van der Waals surface area contributed by atoms with Gasteiger partial charge in [-0.3, -0.25) is 0 Å². The van der Waals surface area contributed by atoms with E-state index in [1.807, 2.05) is 22.7 Å². The molecule has 0 saturated heterocycles. The van der Waals surface area contributed by atoms with Crippen molar-refractivity contribution in [1.29, 1.82) is 0 Å². The number of para-hydroxylation sites is 2. The second kappa shape index (κ2) is 11.1. The largest absolute Gasteiger partial charge is 0.332 e. The Balaban J connectivity index is 1.15. The fraction of sp³-hybridized carbons (Fsp3) is 0.0667. The molecule has 4 heteroatoms. The second-order valence-corrected chi connectivity index (χ2v) is 15.3. The third kappa shape index (κ3) is 4.52. The molecule has 1 unspecified atom stereocenters. The van der Waals surface area contributed by atoms with E-state index in [9.17, 15) is 0 Å². The monoisotopic (exact) mass is 664 g/mol. The Bertz CT molecular complexity index is 2700. The zero-order valence-corrected chi connectivity index (χ0v) is 28.6. The molecule has 3 aromatic heterocycles. The van der Waals surface area contributed by atoms with E-state index in [1.165, 1.54) is 79.9 Å². The van der Waals surface area contributed by atoms with Gasteiger partial charge in [-0.15, -0.1) is 22.7 Å². The van der Waals surface area contributed by atoms with E-state index in [-0.39, 0.29) is 5.54 Å². The lowest BCUT2D eigenvalue weighted by molar-refractivity contribution is 0.561. The molecule has 6 aromatic carbocycles. The third-order valence-corrected chi connectivity index (χ3v) is 12.7. The first-order valence-corrected chi connectivity index (χ1v) is 18.4. The highest BCUT2D eigenvalue weighted by atomic mass is 32.1. The number of hydrogen-bond donors (Lipinski definition) is 0. The summed E-state index contributed by atoms with van der Waals surface area (Å²) in [5, 5.41) is 4.03. The minimum absolute atomic E-state index is 0.318. The highest BCUT2D eigenvalue weighted by Crippen LogP contribution is 2.48. The molecule has 2 nitrogen and oxygen atoms in total. The normalized spacial score (nSPS) is 15.8. The third-order valence-electron chi connectivity index (χ3n) is 10.1. The van der Waals surface area contributed by atoms with Crippen LogP contribution >= 0.6 is 22.7 Å². The molecule has 0 saturated carbocycles. The van der Waals surface area contributed by atoms with Crippen LogP contribution in [0.4, 0.5) is 11.4 Å². The molecule has 10 rings (SSSR count). The zero-order chi connectivity index (χ0) is 32.5. The predicted octanol–water partition coefficient (Wildman–Crippen LogP) is 13.0. The fourth-order valence-corrected chi connectivity index (χ4v) is 10.6. The molecule has 3 heterocycles. The van der Waals surface area contributed by atoms with Gasteiger partial charge in [0.05, 0.1) is 20.5 Å². The number of aromatic nitrogens is 1. The van der Waals surface area contributed by atoms with Crippen LogP contribution in [-0.2, 0) is 6.42 Å². The maximum absolute atomic E-state index is 2.57. The summed E-state index contributed by atoms with van der Waals surface area (Å²) in [4.78, 5) is 2.57.